The molecule has 1 aromatic carbocycles. The Kier molecular flexibility index (Phi) is 7.73. The summed E-state index contributed by atoms with van der Waals surface area (Å²) < 4.78 is 18.1. The number of amides is 2. The Bertz CT molecular complexity index is 563. The van der Waals surface area contributed by atoms with Crippen LogP contribution in [0.1, 0.15) is 37.0 Å². The van der Waals surface area contributed by atoms with Crippen LogP contribution in [-0.4, -0.2) is 37.0 Å². The number of halogens is 1. The molecule has 1 aromatic rings. The molecule has 0 aliphatic rings. The van der Waals surface area contributed by atoms with Gasteiger partial charge in [0.05, 0.1) is 5.56 Å². The highest BCUT2D eigenvalue weighted by Crippen LogP contribution is 2.05. The van der Waals surface area contributed by atoms with E-state index in [9.17, 15) is 18.8 Å². The lowest BCUT2D eigenvalue weighted by molar-refractivity contribution is -0.147. The van der Waals surface area contributed by atoms with Crippen LogP contribution in [0.3, 0.4) is 0 Å². The Labute approximate surface area is 134 Å². The first kappa shape index (κ1) is 18.6. The molecule has 1 rings (SSSR count). The van der Waals surface area contributed by atoms with E-state index in [-0.39, 0.29) is 11.6 Å². The van der Waals surface area contributed by atoms with E-state index in [2.05, 4.69) is 10.6 Å². The fourth-order valence-corrected chi connectivity index (χ4v) is 1.91. The van der Waals surface area contributed by atoms with Gasteiger partial charge in [-0.25, -0.2) is 4.39 Å². The Balaban J connectivity index is 2.31. The third-order valence-electron chi connectivity index (χ3n) is 3.01. The van der Waals surface area contributed by atoms with Crippen molar-refractivity contribution in [3.63, 3.8) is 0 Å². The second-order valence-electron chi connectivity index (χ2n) is 5.08. The minimum Gasteiger partial charge on any atom is -0.454 e. The molecule has 0 fully saturated rings. The summed E-state index contributed by atoms with van der Waals surface area (Å²) in [6.45, 7) is 3.01. The Morgan fingerprint density at radius 1 is 1.26 bits per heavy atom. The summed E-state index contributed by atoms with van der Waals surface area (Å²) in [6.07, 6.45) is 1.77. The van der Waals surface area contributed by atoms with Crippen molar-refractivity contribution in [2.45, 2.75) is 32.7 Å². The maximum Gasteiger partial charge on any atom is 0.325 e. The van der Waals surface area contributed by atoms with E-state index in [0.29, 0.717) is 0 Å². The molecule has 6 nitrogen and oxygen atoms in total. The third-order valence-corrected chi connectivity index (χ3v) is 3.01. The van der Waals surface area contributed by atoms with E-state index in [1.54, 1.807) is 0 Å². The van der Waals surface area contributed by atoms with Crippen LogP contribution in [0.5, 0.6) is 0 Å². The van der Waals surface area contributed by atoms with Gasteiger partial charge in [-0.2, -0.15) is 0 Å². The molecule has 0 heterocycles. The topological polar surface area (TPSA) is 84.5 Å². The molecule has 0 aliphatic heterocycles. The molecule has 0 aromatic heterocycles. The monoisotopic (exact) mass is 324 g/mol. The molecule has 1 atom stereocenters. The molecule has 0 unspecified atom stereocenters. The van der Waals surface area contributed by atoms with Crippen LogP contribution in [0.4, 0.5) is 4.39 Å². The van der Waals surface area contributed by atoms with Crippen LogP contribution in [0.2, 0.25) is 0 Å². The van der Waals surface area contributed by atoms with Gasteiger partial charge in [-0.1, -0.05) is 25.5 Å². The molecule has 0 saturated carbocycles. The number of benzene rings is 1. The Morgan fingerprint density at radius 3 is 2.61 bits per heavy atom. The second kappa shape index (κ2) is 9.55. The predicted octanol–water partition coefficient (Wildman–Crippen LogP) is 1.40. The van der Waals surface area contributed by atoms with E-state index in [4.69, 9.17) is 4.74 Å². The van der Waals surface area contributed by atoms with E-state index in [1.165, 1.54) is 18.2 Å². The molecular formula is C16H21FN2O4. The number of ether oxygens (including phenoxy) is 1. The lowest BCUT2D eigenvalue weighted by Gasteiger charge is -2.12. The zero-order valence-electron chi connectivity index (χ0n) is 13.2. The van der Waals surface area contributed by atoms with Crippen molar-refractivity contribution >= 4 is 17.8 Å². The standard InChI is InChI=1S/C16H21FN2O4/c1-3-6-11(2)19-14(20)10-23-15(21)9-18-16(22)12-7-4-5-8-13(12)17/h4-5,7-8,11H,3,6,9-10H2,1-2H3,(H,18,22)(H,19,20)/t11-/m0/s1. The van der Waals surface area contributed by atoms with E-state index in [0.717, 1.165) is 18.9 Å². The summed E-state index contributed by atoms with van der Waals surface area (Å²) in [6, 6.07) is 5.43. The predicted molar refractivity (Wildman–Crippen MR) is 82.2 cm³/mol. The fourth-order valence-electron chi connectivity index (χ4n) is 1.91. The fraction of sp³-hybridized carbons (Fsp3) is 0.438. The average molecular weight is 324 g/mol. The van der Waals surface area contributed by atoms with Crippen LogP contribution in [0.25, 0.3) is 0 Å². The first-order valence-electron chi connectivity index (χ1n) is 7.41. The van der Waals surface area contributed by atoms with Gasteiger partial charge < -0.3 is 15.4 Å². The number of carbonyl (C=O) groups excluding carboxylic acids is 3. The number of rotatable bonds is 8. The SMILES string of the molecule is CCC[C@H](C)NC(=O)COC(=O)CNC(=O)c1ccccc1F. The van der Waals surface area contributed by atoms with Gasteiger partial charge >= 0.3 is 5.97 Å². The van der Waals surface area contributed by atoms with Crippen LogP contribution in [-0.2, 0) is 14.3 Å². The van der Waals surface area contributed by atoms with Crippen LogP contribution < -0.4 is 10.6 Å². The summed E-state index contributed by atoms with van der Waals surface area (Å²) in [5.74, 6) is -2.57. The minimum atomic E-state index is -0.770. The summed E-state index contributed by atoms with van der Waals surface area (Å²) in [5, 5.41) is 4.92. The van der Waals surface area contributed by atoms with Gasteiger partial charge in [0, 0.05) is 6.04 Å². The summed E-state index contributed by atoms with van der Waals surface area (Å²) in [4.78, 5) is 34.7. The molecule has 126 valence electrons. The van der Waals surface area contributed by atoms with Crippen molar-refractivity contribution in [2.24, 2.45) is 0 Å². The highest BCUT2D eigenvalue weighted by Gasteiger charge is 2.14. The average Bonchev–Trinajstić information content (AvgIpc) is 2.51. The molecule has 0 saturated heterocycles. The maximum atomic E-state index is 13.4. The van der Waals surface area contributed by atoms with Gasteiger partial charge in [0.15, 0.2) is 6.61 Å². The second-order valence-corrected chi connectivity index (χ2v) is 5.08. The number of nitrogens with one attached hydrogen (secondary N) is 2. The summed E-state index contributed by atoms with van der Waals surface area (Å²) in [7, 11) is 0. The zero-order chi connectivity index (χ0) is 17.2. The molecule has 0 radical (unpaired) electrons. The molecule has 23 heavy (non-hydrogen) atoms. The van der Waals surface area contributed by atoms with Crippen LogP contribution >= 0.6 is 0 Å². The Morgan fingerprint density at radius 2 is 1.96 bits per heavy atom. The molecule has 2 N–H and O–H groups in total. The first-order valence-corrected chi connectivity index (χ1v) is 7.41. The van der Waals surface area contributed by atoms with E-state index in [1.807, 2.05) is 13.8 Å². The first-order chi connectivity index (χ1) is 10.9. The molecule has 0 bridgehead atoms. The molecule has 2 amide bonds. The lowest BCUT2D eigenvalue weighted by atomic mass is 10.2. The highest BCUT2D eigenvalue weighted by molar-refractivity contribution is 5.96. The number of hydrogen-bond donors (Lipinski definition) is 2. The molecule has 0 spiro atoms. The Hall–Kier alpha value is -2.44. The zero-order valence-corrected chi connectivity index (χ0v) is 13.2. The number of esters is 1. The summed E-state index contributed by atoms with van der Waals surface area (Å²) >= 11 is 0. The van der Waals surface area contributed by atoms with Crippen LogP contribution in [0, 0.1) is 5.82 Å². The lowest BCUT2D eigenvalue weighted by Crippen LogP contribution is -2.37. The van der Waals surface area contributed by atoms with Crippen molar-refractivity contribution in [1.82, 2.24) is 10.6 Å². The minimum absolute atomic E-state index is 0.00645. The molecule has 0 aliphatic carbocycles. The largest absolute Gasteiger partial charge is 0.454 e. The maximum absolute atomic E-state index is 13.4. The highest BCUT2D eigenvalue weighted by atomic mass is 19.1. The molecule has 7 heteroatoms. The normalized spacial score (nSPS) is 11.4. The van der Waals surface area contributed by atoms with Gasteiger partial charge in [-0.15, -0.1) is 0 Å². The van der Waals surface area contributed by atoms with Crippen molar-refractivity contribution in [2.75, 3.05) is 13.2 Å². The quantitative estimate of drug-likeness (QED) is 0.708. The van der Waals surface area contributed by atoms with Gasteiger partial charge in [0.2, 0.25) is 0 Å². The van der Waals surface area contributed by atoms with Crippen molar-refractivity contribution < 1.29 is 23.5 Å². The van der Waals surface area contributed by atoms with Crippen LogP contribution in [0.15, 0.2) is 24.3 Å². The third kappa shape index (κ3) is 6.90. The van der Waals surface area contributed by atoms with E-state index < -0.39 is 36.8 Å². The smallest absolute Gasteiger partial charge is 0.325 e. The van der Waals surface area contributed by atoms with Gasteiger partial charge in [0.1, 0.15) is 12.4 Å². The van der Waals surface area contributed by atoms with E-state index >= 15 is 0 Å². The molecular weight excluding hydrogens is 303 g/mol. The number of carbonyl (C=O) groups is 3. The van der Waals surface area contributed by atoms with Gasteiger partial charge in [-0.05, 0) is 25.5 Å². The van der Waals surface area contributed by atoms with Crippen molar-refractivity contribution in [3.8, 4) is 0 Å². The van der Waals surface area contributed by atoms with Gasteiger partial charge in [0.25, 0.3) is 11.8 Å². The van der Waals surface area contributed by atoms with Crippen molar-refractivity contribution in [1.29, 1.82) is 0 Å². The van der Waals surface area contributed by atoms with Crippen molar-refractivity contribution in [3.05, 3.63) is 35.6 Å². The van der Waals surface area contributed by atoms with Gasteiger partial charge in [-0.3, -0.25) is 14.4 Å². The number of hydrogen-bond acceptors (Lipinski definition) is 4. The summed E-state index contributed by atoms with van der Waals surface area (Å²) in [5.41, 5.74) is -0.161.